The zero-order valence-corrected chi connectivity index (χ0v) is 14.2. The maximum atomic E-state index is 12.2. The van der Waals surface area contributed by atoms with Crippen LogP contribution in [0.3, 0.4) is 0 Å². The van der Waals surface area contributed by atoms with E-state index in [1.807, 2.05) is 0 Å². The SMILES string of the molecule is C[C@@H](O)[C@H]1C(=O)N2C(C(=O)O)=C(c3ccc(COCC(N)=O)cc3)C[C@H]12. The molecule has 0 aromatic heterocycles. The fourth-order valence-corrected chi connectivity index (χ4v) is 3.60. The number of carboxylic acids is 1. The summed E-state index contributed by atoms with van der Waals surface area (Å²) in [7, 11) is 0. The number of primary amides is 1. The molecule has 1 aromatic rings. The Bertz CT molecular complexity index is 783. The summed E-state index contributed by atoms with van der Waals surface area (Å²) in [5.74, 6) is -2.63. The van der Waals surface area contributed by atoms with E-state index in [2.05, 4.69) is 0 Å². The number of aliphatic hydroxyl groups is 1. The van der Waals surface area contributed by atoms with Crippen LogP contribution in [0.2, 0.25) is 0 Å². The zero-order chi connectivity index (χ0) is 19.0. The molecule has 8 nitrogen and oxygen atoms in total. The van der Waals surface area contributed by atoms with Gasteiger partial charge >= 0.3 is 5.97 Å². The fourth-order valence-electron chi connectivity index (χ4n) is 3.60. The smallest absolute Gasteiger partial charge is 0.352 e. The molecule has 1 saturated heterocycles. The van der Waals surface area contributed by atoms with Crippen molar-refractivity contribution in [1.82, 2.24) is 4.90 Å². The molecule has 3 rings (SSSR count). The van der Waals surface area contributed by atoms with E-state index in [-0.39, 0.29) is 30.9 Å². The van der Waals surface area contributed by atoms with Crippen LogP contribution in [0.1, 0.15) is 24.5 Å². The Morgan fingerprint density at radius 2 is 2.00 bits per heavy atom. The summed E-state index contributed by atoms with van der Waals surface area (Å²) in [6.45, 7) is 1.58. The Labute approximate surface area is 149 Å². The minimum atomic E-state index is -1.16. The molecular formula is C18H20N2O6. The number of aliphatic hydroxyl groups excluding tert-OH is 1. The van der Waals surface area contributed by atoms with Crippen molar-refractivity contribution in [3.8, 4) is 0 Å². The van der Waals surface area contributed by atoms with Crippen LogP contribution in [0.25, 0.3) is 5.57 Å². The number of carbonyl (C=O) groups is 3. The zero-order valence-electron chi connectivity index (χ0n) is 14.2. The molecule has 2 aliphatic heterocycles. The first-order chi connectivity index (χ1) is 12.3. The molecule has 2 amide bonds. The summed E-state index contributed by atoms with van der Waals surface area (Å²) in [6, 6.07) is 6.74. The number of rotatable bonds is 7. The number of carbonyl (C=O) groups excluding carboxylic acids is 2. The van der Waals surface area contributed by atoms with Crippen LogP contribution >= 0.6 is 0 Å². The van der Waals surface area contributed by atoms with Gasteiger partial charge in [-0.3, -0.25) is 9.59 Å². The van der Waals surface area contributed by atoms with Crippen molar-refractivity contribution in [2.75, 3.05) is 6.61 Å². The number of benzene rings is 1. The number of aliphatic carboxylic acids is 1. The number of nitrogens with zero attached hydrogens (tertiary/aromatic N) is 1. The Morgan fingerprint density at radius 1 is 1.35 bits per heavy atom. The topological polar surface area (TPSA) is 130 Å². The van der Waals surface area contributed by atoms with Gasteiger partial charge in [0.05, 0.1) is 24.7 Å². The van der Waals surface area contributed by atoms with Crippen molar-refractivity contribution in [1.29, 1.82) is 0 Å². The predicted octanol–water partition coefficient (Wildman–Crippen LogP) is 0.0957. The highest BCUT2D eigenvalue weighted by Crippen LogP contribution is 2.46. The first kappa shape index (κ1) is 18.1. The summed E-state index contributed by atoms with van der Waals surface area (Å²) in [4.78, 5) is 35.9. The van der Waals surface area contributed by atoms with E-state index in [0.717, 1.165) is 5.56 Å². The van der Waals surface area contributed by atoms with Crippen LogP contribution in [0, 0.1) is 5.92 Å². The van der Waals surface area contributed by atoms with E-state index in [1.165, 1.54) is 4.90 Å². The second-order valence-corrected chi connectivity index (χ2v) is 6.53. The van der Waals surface area contributed by atoms with Crippen LogP contribution in [-0.2, 0) is 25.7 Å². The maximum absolute atomic E-state index is 12.2. The molecule has 2 heterocycles. The van der Waals surface area contributed by atoms with E-state index in [0.29, 0.717) is 17.6 Å². The van der Waals surface area contributed by atoms with E-state index in [1.54, 1.807) is 31.2 Å². The molecule has 4 N–H and O–H groups in total. The van der Waals surface area contributed by atoms with Crippen LogP contribution in [0.4, 0.5) is 0 Å². The van der Waals surface area contributed by atoms with E-state index < -0.39 is 23.9 Å². The van der Waals surface area contributed by atoms with Crippen LogP contribution in [0.5, 0.6) is 0 Å². The van der Waals surface area contributed by atoms with Gasteiger partial charge in [-0.25, -0.2) is 4.79 Å². The normalized spacial score (nSPS) is 22.8. The number of hydrogen-bond donors (Lipinski definition) is 3. The number of nitrogens with two attached hydrogens (primary N) is 1. The summed E-state index contributed by atoms with van der Waals surface area (Å²) in [6.07, 6.45) is -0.427. The number of carboxylic acid groups (broad SMARTS) is 1. The van der Waals surface area contributed by atoms with E-state index >= 15 is 0 Å². The van der Waals surface area contributed by atoms with Gasteiger partial charge in [0.1, 0.15) is 12.3 Å². The Balaban J connectivity index is 1.81. The Hall–Kier alpha value is -2.71. The Kier molecular flexibility index (Phi) is 4.80. The quantitative estimate of drug-likeness (QED) is 0.591. The fraction of sp³-hybridized carbons (Fsp3) is 0.389. The molecular weight excluding hydrogens is 340 g/mol. The molecule has 3 atom stereocenters. The van der Waals surface area contributed by atoms with Crippen molar-refractivity contribution < 1.29 is 29.3 Å². The highest BCUT2D eigenvalue weighted by Gasteiger charge is 2.56. The number of β-lactam (4-membered cyclic amide) rings is 1. The molecule has 26 heavy (non-hydrogen) atoms. The third-order valence-corrected chi connectivity index (χ3v) is 4.75. The van der Waals surface area contributed by atoms with Gasteiger partial charge in [0.15, 0.2) is 0 Å². The summed E-state index contributed by atoms with van der Waals surface area (Å²) in [5.41, 5.74) is 7.07. The van der Waals surface area contributed by atoms with Crippen LogP contribution < -0.4 is 5.73 Å². The van der Waals surface area contributed by atoms with Crippen molar-refractivity contribution in [3.63, 3.8) is 0 Å². The van der Waals surface area contributed by atoms with Gasteiger partial charge in [-0.1, -0.05) is 24.3 Å². The minimum Gasteiger partial charge on any atom is -0.477 e. The van der Waals surface area contributed by atoms with Gasteiger partial charge in [-0.05, 0) is 30.0 Å². The molecule has 0 spiro atoms. The van der Waals surface area contributed by atoms with Gasteiger partial charge < -0.3 is 25.6 Å². The summed E-state index contributed by atoms with van der Waals surface area (Å²) in [5, 5.41) is 19.3. The lowest BCUT2D eigenvalue weighted by atomic mass is 9.82. The highest BCUT2D eigenvalue weighted by molar-refractivity contribution is 6.06. The lowest BCUT2D eigenvalue weighted by Crippen LogP contribution is -2.61. The highest BCUT2D eigenvalue weighted by atomic mass is 16.5. The third-order valence-electron chi connectivity index (χ3n) is 4.75. The van der Waals surface area contributed by atoms with Crippen LogP contribution in [-0.4, -0.2) is 51.6 Å². The van der Waals surface area contributed by atoms with Gasteiger partial charge in [0.25, 0.3) is 0 Å². The van der Waals surface area contributed by atoms with Gasteiger partial charge in [0.2, 0.25) is 11.8 Å². The van der Waals surface area contributed by atoms with E-state index in [9.17, 15) is 24.6 Å². The largest absolute Gasteiger partial charge is 0.477 e. The van der Waals surface area contributed by atoms with E-state index in [4.69, 9.17) is 10.5 Å². The first-order valence-electron chi connectivity index (χ1n) is 8.24. The van der Waals surface area contributed by atoms with Crippen molar-refractivity contribution >= 4 is 23.4 Å². The standard InChI is InChI=1S/C18H20N2O6/c1-9(21)15-13-6-12(16(18(24)25)20(13)17(15)23)11-4-2-10(3-5-11)7-26-8-14(19)22/h2-5,9,13,15,21H,6-8H2,1H3,(H2,19,22)(H,24,25)/t9-,13-,15-/m1/s1. The maximum Gasteiger partial charge on any atom is 0.352 e. The molecule has 0 aliphatic carbocycles. The molecule has 0 bridgehead atoms. The molecule has 138 valence electrons. The molecule has 0 radical (unpaired) electrons. The van der Waals surface area contributed by atoms with Gasteiger partial charge in [-0.15, -0.1) is 0 Å². The third kappa shape index (κ3) is 3.09. The molecule has 0 unspecified atom stereocenters. The summed E-state index contributed by atoms with van der Waals surface area (Å²) >= 11 is 0. The van der Waals surface area contributed by atoms with Gasteiger partial charge in [-0.2, -0.15) is 0 Å². The molecule has 0 saturated carbocycles. The lowest BCUT2D eigenvalue weighted by Gasteiger charge is -2.44. The monoisotopic (exact) mass is 360 g/mol. The molecule has 2 aliphatic rings. The average Bonchev–Trinajstić information content (AvgIpc) is 2.90. The van der Waals surface area contributed by atoms with Crippen LogP contribution in [0.15, 0.2) is 30.0 Å². The molecule has 1 fully saturated rings. The average molecular weight is 360 g/mol. The van der Waals surface area contributed by atoms with Crippen molar-refractivity contribution in [2.24, 2.45) is 11.7 Å². The number of amides is 2. The number of fused-ring (bicyclic) bond motifs is 1. The summed E-state index contributed by atoms with van der Waals surface area (Å²) < 4.78 is 5.14. The Morgan fingerprint density at radius 3 is 2.54 bits per heavy atom. The van der Waals surface area contributed by atoms with Crippen molar-refractivity contribution in [2.45, 2.75) is 32.1 Å². The number of hydrogen-bond acceptors (Lipinski definition) is 5. The second kappa shape index (κ2) is 6.89. The number of ether oxygens (including phenoxy) is 1. The second-order valence-electron chi connectivity index (χ2n) is 6.53. The lowest BCUT2D eigenvalue weighted by molar-refractivity contribution is -0.161. The predicted molar refractivity (Wildman–Crippen MR) is 90.3 cm³/mol. The minimum absolute atomic E-state index is 0.0189. The molecule has 8 heteroatoms. The first-order valence-corrected chi connectivity index (χ1v) is 8.24. The molecule has 1 aromatic carbocycles. The van der Waals surface area contributed by atoms with Crippen molar-refractivity contribution in [3.05, 3.63) is 41.1 Å². The van der Waals surface area contributed by atoms with Gasteiger partial charge in [0, 0.05) is 0 Å².